The van der Waals surface area contributed by atoms with Crippen molar-refractivity contribution in [3.8, 4) is 11.5 Å². The molecular weight excluding hydrogens is 316 g/mol. The number of rotatable bonds is 8. The summed E-state index contributed by atoms with van der Waals surface area (Å²) in [5, 5.41) is 3.00. The standard InChI is InChI=1S/C20H26N2O3/c1-15(22(2)14-16-8-6-5-7-9-16)20(23)21-13-17-10-11-18(24-3)19(12-17)25-4/h5-12,15H,13-14H2,1-4H3,(H,21,23)/p+1/t15-/m0/s1. The van der Waals surface area contributed by atoms with E-state index in [1.807, 2.05) is 50.4 Å². The average Bonchev–Trinajstić information content (AvgIpc) is 2.65. The molecule has 134 valence electrons. The number of quaternary nitrogens is 1. The molecule has 0 aromatic heterocycles. The second kappa shape index (κ2) is 9.08. The van der Waals surface area contributed by atoms with E-state index in [1.165, 1.54) is 5.56 Å². The summed E-state index contributed by atoms with van der Waals surface area (Å²) in [6.07, 6.45) is 0. The van der Waals surface area contributed by atoms with Gasteiger partial charge in [0.05, 0.1) is 21.3 Å². The number of carbonyl (C=O) groups excluding carboxylic acids is 1. The molecule has 0 saturated heterocycles. The van der Waals surface area contributed by atoms with E-state index in [2.05, 4.69) is 17.4 Å². The topological polar surface area (TPSA) is 52.0 Å². The molecule has 0 radical (unpaired) electrons. The molecule has 5 heteroatoms. The van der Waals surface area contributed by atoms with Crippen molar-refractivity contribution in [2.24, 2.45) is 0 Å². The Morgan fingerprint density at radius 3 is 2.36 bits per heavy atom. The van der Waals surface area contributed by atoms with Gasteiger partial charge in [-0.3, -0.25) is 4.79 Å². The number of likely N-dealkylation sites (N-methyl/N-ethyl adjacent to an activating group) is 1. The molecular formula is C20H27N2O3+. The third-order valence-electron chi connectivity index (χ3n) is 4.37. The van der Waals surface area contributed by atoms with Gasteiger partial charge in [-0.2, -0.15) is 0 Å². The number of benzene rings is 2. The van der Waals surface area contributed by atoms with E-state index in [-0.39, 0.29) is 11.9 Å². The lowest BCUT2D eigenvalue weighted by atomic mass is 10.1. The first kappa shape index (κ1) is 18.8. The second-order valence-electron chi connectivity index (χ2n) is 6.14. The smallest absolute Gasteiger partial charge is 0.278 e. The predicted molar refractivity (Wildman–Crippen MR) is 97.9 cm³/mol. The van der Waals surface area contributed by atoms with Gasteiger partial charge in [-0.1, -0.05) is 36.4 Å². The summed E-state index contributed by atoms with van der Waals surface area (Å²) in [6.45, 7) is 3.22. The molecule has 1 unspecified atom stereocenters. The van der Waals surface area contributed by atoms with Crippen LogP contribution >= 0.6 is 0 Å². The van der Waals surface area contributed by atoms with Crippen LogP contribution in [0.15, 0.2) is 48.5 Å². The van der Waals surface area contributed by atoms with E-state index >= 15 is 0 Å². The van der Waals surface area contributed by atoms with E-state index in [0.717, 1.165) is 17.0 Å². The zero-order valence-corrected chi connectivity index (χ0v) is 15.3. The molecule has 2 rings (SSSR count). The second-order valence-corrected chi connectivity index (χ2v) is 6.14. The van der Waals surface area contributed by atoms with E-state index in [4.69, 9.17) is 9.47 Å². The maximum Gasteiger partial charge on any atom is 0.278 e. The fourth-order valence-electron chi connectivity index (χ4n) is 2.63. The van der Waals surface area contributed by atoms with Gasteiger partial charge in [0, 0.05) is 12.1 Å². The molecule has 5 nitrogen and oxygen atoms in total. The van der Waals surface area contributed by atoms with Gasteiger partial charge in [0.15, 0.2) is 17.5 Å². The van der Waals surface area contributed by atoms with Crippen LogP contribution in [-0.2, 0) is 17.9 Å². The maximum absolute atomic E-state index is 12.4. The molecule has 0 aliphatic heterocycles. The van der Waals surface area contributed by atoms with Gasteiger partial charge in [0.1, 0.15) is 6.54 Å². The summed E-state index contributed by atoms with van der Waals surface area (Å²) in [5.74, 6) is 1.37. The van der Waals surface area contributed by atoms with E-state index in [1.54, 1.807) is 14.2 Å². The first-order valence-electron chi connectivity index (χ1n) is 8.40. The Bertz CT molecular complexity index is 689. The fourth-order valence-corrected chi connectivity index (χ4v) is 2.63. The summed E-state index contributed by atoms with van der Waals surface area (Å²) in [5.41, 5.74) is 2.19. The maximum atomic E-state index is 12.4. The number of nitrogens with one attached hydrogen (secondary N) is 2. The van der Waals surface area contributed by atoms with Gasteiger partial charge in [-0.15, -0.1) is 0 Å². The van der Waals surface area contributed by atoms with Crippen LogP contribution in [0.3, 0.4) is 0 Å². The minimum absolute atomic E-state index is 0.0308. The number of amides is 1. The first-order chi connectivity index (χ1) is 12.0. The van der Waals surface area contributed by atoms with Crippen LogP contribution in [0.1, 0.15) is 18.1 Å². The normalized spacial score (nSPS) is 13.0. The van der Waals surface area contributed by atoms with Crippen molar-refractivity contribution < 1.29 is 19.2 Å². The summed E-state index contributed by atoms with van der Waals surface area (Å²) in [7, 11) is 5.24. The molecule has 0 aliphatic rings. The lowest BCUT2D eigenvalue weighted by Gasteiger charge is -2.21. The zero-order valence-electron chi connectivity index (χ0n) is 15.3. The third-order valence-corrected chi connectivity index (χ3v) is 4.37. The van der Waals surface area contributed by atoms with Gasteiger partial charge in [-0.25, -0.2) is 0 Å². The Kier molecular flexibility index (Phi) is 6.83. The third kappa shape index (κ3) is 5.22. The van der Waals surface area contributed by atoms with Gasteiger partial charge in [-0.05, 0) is 24.6 Å². The van der Waals surface area contributed by atoms with Crippen LogP contribution in [0.5, 0.6) is 11.5 Å². The highest BCUT2D eigenvalue weighted by Gasteiger charge is 2.21. The Balaban J connectivity index is 1.90. The van der Waals surface area contributed by atoms with Crippen LogP contribution in [-0.4, -0.2) is 33.2 Å². The van der Waals surface area contributed by atoms with Crippen molar-refractivity contribution >= 4 is 5.91 Å². The van der Waals surface area contributed by atoms with Gasteiger partial charge >= 0.3 is 0 Å². The van der Waals surface area contributed by atoms with Crippen molar-refractivity contribution in [1.29, 1.82) is 0 Å². The van der Waals surface area contributed by atoms with Gasteiger partial charge in [0.2, 0.25) is 0 Å². The zero-order chi connectivity index (χ0) is 18.2. The Morgan fingerprint density at radius 1 is 1.04 bits per heavy atom. The average molecular weight is 343 g/mol. The summed E-state index contributed by atoms with van der Waals surface area (Å²) in [6, 6.07) is 15.7. The van der Waals surface area contributed by atoms with Crippen LogP contribution < -0.4 is 19.7 Å². The summed E-state index contributed by atoms with van der Waals surface area (Å²) < 4.78 is 10.5. The molecule has 0 spiro atoms. The Labute approximate surface area is 149 Å². The molecule has 2 N–H and O–H groups in total. The monoisotopic (exact) mass is 343 g/mol. The largest absolute Gasteiger partial charge is 0.493 e. The number of hydrogen-bond donors (Lipinski definition) is 2. The predicted octanol–water partition coefficient (Wildman–Crippen LogP) is 1.42. The first-order valence-corrected chi connectivity index (χ1v) is 8.40. The van der Waals surface area contributed by atoms with Crippen LogP contribution in [0.4, 0.5) is 0 Å². The molecule has 2 atom stereocenters. The minimum atomic E-state index is -0.139. The fraction of sp³-hybridized carbons (Fsp3) is 0.350. The quantitative estimate of drug-likeness (QED) is 0.762. The molecule has 0 heterocycles. The summed E-state index contributed by atoms with van der Waals surface area (Å²) >= 11 is 0. The minimum Gasteiger partial charge on any atom is -0.493 e. The van der Waals surface area contributed by atoms with Crippen molar-refractivity contribution in [1.82, 2.24) is 5.32 Å². The van der Waals surface area contributed by atoms with Crippen molar-refractivity contribution in [3.63, 3.8) is 0 Å². The van der Waals surface area contributed by atoms with Gasteiger partial charge in [0.25, 0.3) is 5.91 Å². The highest BCUT2D eigenvalue weighted by molar-refractivity contribution is 5.79. The molecule has 2 aromatic carbocycles. The molecule has 0 saturated carbocycles. The molecule has 2 aromatic rings. The number of methoxy groups -OCH3 is 2. The number of ether oxygens (including phenoxy) is 2. The lowest BCUT2D eigenvalue weighted by molar-refractivity contribution is -0.908. The Hall–Kier alpha value is -2.53. The lowest BCUT2D eigenvalue weighted by Crippen LogP contribution is -3.12. The van der Waals surface area contributed by atoms with Gasteiger partial charge < -0.3 is 19.7 Å². The summed E-state index contributed by atoms with van der Waals surface area (Å²) in [4.78, 5) is 13.6. The number of carbonyl (C=O) groups is 1. The van der Waals surface area contributed by atoms with Crippen LogP contribution in [0.25, 0.3) is 0 Å². The molecule has 0 bridgehead atoms. The van der Waals surface area contributed by atoms with E-state index in [9.17, 15) is 4.79 Å². The van der Waals surface area contributed by atoms with E-state index in [0.29, 0.717) is 18.0 Å². The highest BCUT2D eigenvalue weighted by atomic mass is 16.5. The van der Waals surface area contributed by atoms with Crippen molar-refractivity contribution in [2.75, 3.05) is 21.3 Å². The SMILES string of the molecule is COc1ccc(CNC(=O)[C@H](C)[NH+](C)Cc2ccccc2)cc1OC. The molecule has 1 amide bonds. The van der Waals surface area contributed by atoms with Crippen LogP contribution in [0, 0.1) is 0 Å². The van der Waals surface area contributed by atoms with Crippen molar-refractivity contribution in [3.05, 3.63) is 59.7 Å². The molecule has 0 aliphatic carbocycles. The highest BCUT2D eigenvalue weighted by Crippen LogP contribution is 2.27. The van der Waals surface area contributed by atoms with Crippen molar-refractivity contribution in [2.45, 2.75) is 26.1 Å². The van der Waals surface area contributed by atoms with Crippen LogP contribution in [0.2, 0.25) is 0 Å². The van der Waals surface area contributed by atoms with E-state index < -0.39 is 0 Å². The number of hydrogen-bond acceptors (Lipinski definition) is 3. The Morgan fingerprint density at radius 2 is 1.72 bits per heavy atom. The molecule has 0 fully saturated rings. The molecule has 25 heavy (non-hydrogen) atoms.